The van der Waals surface area contributed by atoms with Crippen molar-refractivity contribution in [3.05, 3.63) is 30.3 Å². The van der Waals surface area contributed by atoms with Crippen molar-refractivity contribution in [1.82, 2.24) is 10.6 Å². The molecule has 4 nitrogen and oxygen atoms in total. The molecular formula is C21H31N3O. The second kappa shape index (κ2) is 6.89. The van der Waals surface area contributed by atoms with Gasteiger partial charge in [0.1, 0.15) is 0 Å². The number of hydrogen-bond acceptors (Lipinski definition) is 2. The van der Waals surface area contributed by atoms with Crippen LogP contribution in [0.3, 0.4) is 0 Å². The number of carbonyl (C=O) groups excluding carboxylic acids is 1. The van der Waals surface area contributed by atoms with Gasteiger partial charge >= 0.3 is 6.03 Å². The molecule has 0 saturated heterocycles. The Bertz CT molecular complexity index is 574. The third-order valence-corrected chi connectivity index (χ3v) is 6.91. The first kappa shape index (κ1) is 16.7. The van der Waals surface area contributed by atoms with Crippen molar-refractivity contribution in [2.24, 2.45) is 23.7 Å². The van der Waals surface area contributed by atoms with Crippen LogP contribution in [0.25, 0.3) is 0 Å². The maximum absolute atomic E-state index is 12.5. The average Bonchev–Trinajstić information content (AvgIpc) is 2.62. The highest BCUT2D eigenvalue weighted by Gasteiger charge is 2.48. The maximum Gasteiger partial charge on any atom is 0.315 e. The van der Waals surface area contributed by atoms with Gasteiger partial charge < -0.3 is 15.5 Å². The summed E-state index contributed by atoms with van der Waals surface area (Å²) in [6, 6.07) is 11.0. The highest BCUT2D eigenvalue weighted by molar-refractivity contribution is 5.74. The molecule has 4 aliphatic rings. The molecule has 4 fully saturated rings. The van der Waals surface area contributed by atoms with Crippen molar-refractivity contribution in [1.29, 1.82) is 0 Å². The van der Waals surface area contributed by atoms with Crippen LogP contribution in [0.15, 0.2) is 30.3 Å². The van der Waals surface area contributed by atoms with Crippen molar-refractivity contribution >= 4 is 11.7 Å². The smallest absolute Gasteiger partial charge is 0.315 e. The minimum absolute atomic E-state index is 0.0192. The van der Waals surface area contributed by atoms with E-state index in [0.717, 1.165) is 23.7 Å². The fourth-order valence-corrected chi connectivity index (χ4v) is 5.66. The van der Waals surface area contributed by atoms with Gasteiger partial charge in [0.25, 0.3) is 0 Å². The highest BCUT2D eigenvalue weighted by atomic mass is 16.2. The molecule has 2 amide bonds. The van der Waals surface area contributed by atoms with Gasteiger partial charge in [-0.1, -0.05) is 18.2 Å². The fourth-order valence-electron chi connectivity index (χ4n) is 5.66. The zero-order valence-electron chi connectivity index (χ0n) is 15.4. The largest absolute Gasteiger partial charge is 0.370 e. The molecule has 0 aliphatic heterocycles. The summed E-state index contributed by atoms with van der Waals surface area (Å²) in [7, 11) is 2.08. The second-order valence-corrected chi connectivity index (χ2v) is 8.61. The Labute approximate surface area is 151 Å². The Morgan fingerprint density at radius 1 is 1.08 bits per heavy atom. The molecule has 2 N–H and O–H groups in total. The number of para-hydroxylation sites is 1. The zero-order chi connectivity index (χ0) is 17.4. The standard InChI is InChI=1S/C21H31N3O/c1-14(24(2)19-6-4-3-5-7-19)13-22-21(25)23-20-17-9-15-8-16(11-17)12-18(20)10-15/h3-7,14-18,20H,8-13H2,1-2H3,(H2,22,23,25). The molecule has 0 spiro atoms. The monoisotopic (exact) mass is 341 g/mol. The van der Waals surface area contributed by atoms with Crippen LogP contribution in [0.1, 0.15) is 39.0 Å². The lowest BCUT2D eigenvalue weighted by molar-refractivity contribution is -0.00941. The molecule has 1 atom stereocenters. The Balaban J connectivity index is 1.27. The number of carbonyl (C=O) groups is 1. The van der Waals surface area contributed by atoms with Gasteiger partial charge in [-0.05, 0) is 74.8 Å². The van der Waals surface area contributed by atoms with Gasteiger partial charge in [-0.25, -0.2) is 4.79 Å². The summed E-state index contributed by atoms with van der Waals surface area (Å²) < 4.78 is 0. The average molecular weight is 341 g/mol. The molecule has 5 rings (SSSR count). The molecule has 4 heteroatoms. The molecule has 4 saturated carbocycles. The second-order valence-electron chi connectivity index (χ2n) is 8.61. The van der Waals surface area contributed by atoms with Crippen molar-refractivity contribution in [2.45, 2.75) is 51.1 Å². The van der Waals surface area contributed by atoms with Gasteiger partial charge in [0.05, 0.1) is 0 Å². The third kappa shape index (κ3) is 3.49. The van der Waals surface area contributed by atoms with Crippen LogP contribution in [0.2, 0.25) is 0 Å². The van der Waals surface area contributed by atoms with E-state index in [9.17, 15) is 4.79 Å². The van der Waals surface area contributed by atoms with Crippen molar-refractivity contribution in [3.63, 3.8) is 0 Å². The lowest BCUT2D eigenvalue weighted by atomic mass is 9.54. The maximum atomic E-state index is 12.5. The summed E-state index contributed by atoms with van der Waals surface area (Å²) in [5, 5.41) is 6.43. The lowest BCUT2D eigenvalue weighted by Crippen LogP contribution is -2.58. The van der Waals surface area contributed by atoms with E-state index in [-0.39, 0.29) is 12.1 Å². The number of benzene rings is 1. The molecule has 4 bridgehead atoms. The van der Waals surface area contributed by atoms with E-state index in [1.54, 1.807) is 0 Å². The van der Waals surface area contributed by atoms with Crippen LogP contribution < -0.4 is 15.5 Å². The van der Waals surface area contributed by atoms with Crippen molar-refractivity contribution in [3.8, 4) is 0 Å². The van der Waals surface area contributed by atoms with E-state index < -0.39 is 0 Å². The van der Waals surface area contributed by atoms with Gasteiger partial charge in [0.2, 0.25) is 0 Å². The summed E-state index contributed by atoms with van der Waals surface area (Å²) in [5.74, 6) is 3.35. The molecule has 0 radical (unpaired) electrons. The summed E-state index contributed by atoms with van der Waals surface area (Å²) >= 11 is 0. The van der Waals surface area contributed by atoms with Crippen LogP contribution in [-0.2, 0) is 0 Å². The number of anilines is 1. The first-order valence-electron chi connectivity index (χ1n) is 9.92. The minimum Gasteiger partial charge on any atom is -0.370 e. The Hall–Kier alpha value is -1.71. The van der Waals surface area contributed by atoms with Crippen LogP contribution >= 0.6 is 0 Å². The van der Waals surface area contributed by atoms with Crippen molar-refractivity contribution < 1.29 is 4.79 Å². The zero-order valence-corrected chi connectivity index (χ0v) is 15.4. The molecule has 1 aromatic rings. The summed E-state index contributed by atoms with van der Waals surface area (Å²) in [6.45, 7) is 2.81. The summed E-state index contributed by atoms with van der Waals surface area (Å²) in [4.78, 5) is 14.7. The van der Waals surface area contributed by atoms with Crippen LogP contribution in [0.4, 0.5) is 10.5 Å². The summed E-state index contributed by atoms with van der Waals surface area (Å²) in [5.41, 5.74) is 1.18. The Morgan fingerprint density at radius 2 is 1.68 bits per heavy atom. The molecule has 0 aromatic heterocycles. The number of hydrogen-bond donors (Lipinski definition) is 2. The Morgan fingerprint density at radius 3 is 2.28 bits per heavy atom. The topological polar surface area (TPSA) is 44.4 Å². The highest BCUT2D eigenvalue weighted by Crippen LogP contribution is 2.53. The lowest BCUT2D eigenvalue weighted by Gasteiger charge is -2.54. The Kier molecular flexibility index (Phi) is 4.61. The van der Waals surface area contributed by atoms with Gasteiger partial charge in [-0.3, -0.25) is 0 Å². The molecule has 1 unspecified atom stereocenters. The SMILES string of the molecule is CC(CNC(=O)NC1C2CC3CC(C2)CC1C3)N(C)c1ccccc1. The van der Waals surface area contributed by atoms with E-state index in [2.05, 4.69) is 41.6 Å². The van der Waals surface area contributed by atoms with E-state index >= 15 is 0 Å². The quantitative estimate of drug-likeness (QED) is 0.859. The normalized spacial score (nSPS) is 33.8. The number of nitrogens with zero attached hydrogens (tertiary/aromatic N) is 1. The van der Waals surface area contributed by atoms with Crippen LogP contribution in [0.5, 0.6) is 0 Å². The molecule has 4 aliphatic carbocycles. The number of nitrogens with one attached hydrogen (secondary N) is 2. The molecular weight excluding hydrogens is 310 g/mol. The van der Waals surface area contributed by atoms with E-state index in [0.29, 0.717) is 12.6 Å². The number of rotatable bonds is 5. The van der Waals surface area contributed by atoms with Gasteiger partial charge in [-0.15, -0.1) is 0 Å². The predicted molar refractivity (Wildman–Crippen MR) is 102 cm³/mol. The molecule has 25 heavy (non-hydrogen) atoms. The van der Waals surface area contributed by atoms with E-state index in [1.807, 2.05) is 18.2 Å². The molecule has 0 heterocycles. The number of likely N-dealkylation sites (N-methyl/N-ethyl adjacent to an activating group) is 1. The van der Waals surface area contributed by atoms with E-state index in [1.165, 1.54) is 37.8 Å². The van der Waals surface area contributed by atoms with Crippen molar-refractivity contribution in [2.75, 3.05) is 18.5 Å². The predicted octanol–water partition coefficient (Wildman–Crippen LogP) is 3.64. The van der Waals surface area contributed by atoms with Crippen LogP contribution in [0, 0.1) is 23.7 Å². The van der Waals surface area contributed by atoms with Crippen LogP contribution in [-0.4, -0.2) is 31.7 Å². The number of amides is 2. The first-order chi connectivity index (χ1) is 12.1. The minimum atomic E-state index is 0.0192. The fraction of sp³-hybridized carbons (Fsp3) is 0.667. The van der Waals surface area contributed by atoms with Gasteiger partial charge in [-0.2, -0.15) is 0 Å². The van der Waals surface area contributed by atoms with Gasteiger partial charge in [0.15, 0.2) is 0 Å². The summed E-state index contributed by atoms with van der Waals surface area (Å²) in [6.07, 6.45) is 6.81. The molecule has 136 valence electrons. The number of urea groups is 1. The third-order valence-electron chi connectivity index (χ3n) is 6.91. The van der Waals surface area contributed by atoms with E-state index in [4.69, 9.17) is 0 Å². The first-order valence-corrected chi connectivity index (χ1v) is 9.92. The molecule has 1 aromatic carbocycles. The van der Waals surface area contributed by atoms with Gasteiger partial charge in [0, 0.05) is 31.4 Å².